The average molecular weight is 246 g/mol. The second-order valence-corrected chi connectivity index (χ2v) is 6.31. The highest BCUT2D eigenvalue weighted by atomic mass is 32.2. The van der Waals surface area contributed by atoms with E-state index in [1.54, 1.807) is 6.26 Å². The molecule has 1 heterocycles. The minimum atomic E-state index is -0.790. The Kier molecular flexibility index (Phi) is 5.98. The number of rotatable bonds is 6. The normalized spacial score (nSPS) is 24.0. The van der Waals surface area contributed by atoms with Gasteiger partial charge in [0.2, 0.25) is 5.91 Å². The Morgan fingerprint density at radius 2 is 2.38 bits per heavy atom. The van der Waals surface area contributed by atoms with Crippen LogP contribution in [-0.4, -0.2) is 41.3 Å². The topological polar surface area (TPSA) is 58.2 Å². The molecule has 0 spiro atoms. The highest BCUT2D eigenvalue weighted by Crippen LogP contribution is 2.11. The lowest BCUT2D eigenvalue weighted by molar-refractivity contribution is -0.121. The third kappa shape index (κ3) is 5.07. The van der Waals surface area contributed by atoms with Gasteiger partial charge in [-0.25, -0.2) is 0 Å². The molecule has 3 unspecified atom stereocenters. The Morgan fingerprint density at radius 3 is 2.94 bits per heavy atom. The SMILES string of the molecule is CC(CCNC(=O)CC1CCNC1)S(C)=O. The van der Waals surface area contributed by atoms with Crippen LogP contribution in [-0.2, 0) is 15.6 Å². The molecular formula is C11H22N2O2S. The van der Waals surface area contributed by atoms with E-state index in [2.05, 4.69) is 10.6 Å². The summed E-state index contributed by atoms with van der Waals surface area (Å²) < 4.78 is 11.1. The van der Waals surface area contributed by atoms with E-state index >= 15 is 0 Å². The van der Waals surface area contributed by atoms with Gasteiger partial charge in [-0.3, -0.25) is 9.00 Å². The van der Waals surface area contributed by atoms with Gasteiger partial charge in [-0.15, -0.1) is 0 Å². The van der Waals surface area contributed by atoms with E-state index in [1.165, 1.54) is 0 Å². The number of carbonyl (C=O) groups is 1. The van der Waals surface area contributed by atoms with E-state index in [0.717, 1.165) is 25.9 Å². The monoisotopic (exact) mass is 246 g/mol. The summed E-state index contributed by atoms with van der Waals surface area (Å²) in [5.41, 5.74) is 0. The van der Waals surface area contributed by atoms with Crippen LogP contribution in [0.4, 0.5) is 0 Å². The van der Waals surface area contributed by atoms with Crippen LogP contribution in [0.25, 0.3) is 0 Å². The first kappa shape index (κ1) is 13.6. The Morgan fingerprint density at radius 1 is 1.62 bits per heavy atom. The minimum Gasteiger partial charge on any atom is -0.356 e. The van der Waals surface area contributed by atoms with Crippen LogP contribution in [0.3, 0.4) is 0 Å². The lowest BCUT2D eigenvalue weighted by Crippen LogP contribution is -2.29. The molecule has 16 heavy (non-hydrogen) atoms. The van der Waals surface area contributed by atoms with Crippen molar-refractivity contribution in [3.63, 3.8) is 0 Å². The number of hydrogen-bond donors (Lipinski definition) is 2. The largest absolute Gasteiger partial charge is 0.356 e. The summed E-state index contributed by atoms with van der Waals surface area (Å²) in [7, 11) is -0.790. The van der Waals surface area contributed by atoms with Crippen molar-refractivity contribution in [1.82, 2.24) is 10.6 Å². The van der Waals surface area contributed by atoms with Gasteiger partial charge in [0.15, 0.2) is 0 Å². The molecule has 94 valence electrons. The first-order valence-corrected chi connectivity index (χ1v) is 7.51. The zero-order chi connectivity index (χ0) is 12.0. The summed E-state index contributed by atoms with van der Waals surface area (Å²) >= 11 is 0. The average Bonchev–Trinajstić information content (AvgIpc) is 2.70. The van der Waals surface area contributed by atoms with Gasteiger partial charge in [0, 0.05) is 35.3 Å². The third-order valence-corrected chi connectivity index (χ3v) is 4.45. The molecule has 4 nitrogen and oxygen atoms in total. The van der Waals surface area contributed by atoms with E-state index in [9.17, 15) is 9.00 Å². The van der Waals surface area contributed by atoms with Crippen LogP contribution in [0.15, 0.2) is 0 Å². The Hall–Kier alpha value is -0.420. The summed E-state index contributed by atoms with van der Waals surface area (Å²) in [5, 5.41) is 6.30. The molecule has 1 aliphatic heterocycles. The number of amides is 1. The molecule has 3 atom stereocenters. The maximum absolute atomic E-state index is 11.5. The molecule has 1 saturated heterocycles. The molecule has 2 N–H and O–H groups in total. The number of hydrogen-bond acceptors (Lipinski definition) is 3. The standard InChI is InChI=1S/C11H22N2O2S/c1-9(16(2)15)3-6-13-11(14)7-10-4-5-12-8-10/h9-10,12H,3-8H2,1-2H3,(H,13,14). The Bertz CT molecular complexity index is 252. The zero-order valence-corrected chi connectivity index (χ0v) is 10.9. The second kappa shape index (κ2) is 7.01. The summed E-state index contributed by atoms with van der Waals surface area (Å²) in [4.78, 5) is 11.5. The predicted molar refractivity (Wildman–Crippen MR) is 66.7 cm³/mol. The van der Waals surface area contributed by atoms with Crippen LogP contribution < -0.4 is 10.6 Å². The van der Waals surface area contributed by atoms with Gasteiger partial charge >= 0.3 is 0 Å². The smallest absolute Gasteiger partial charge is 0.220 e. The molecule has 0 radical (unpaired) electrons. The van der Waals surface area contributed by atoms with Crippen molar-refractivity contribution in [3.8, 4) is 0 Å². The van der Waals surface area contributed by atoms with E-state index in [4.69, 9.17) is 0 Å². The number of nitrogens with one attached hydrogen (secondary N) is 2. The van der Waals surface area contributed by atoms with Crippen molar-refractivity contribution in [3.05, 3.63) is 0 Å². The molecule has 0 aliphatic carbocycles. The maximum Gasteiger partial charge on any atom is 0.220 e. The van der Waals surface area contributed by atoms with Crippen molar-refractivity contribution < 1.29 is 9.00 Å². The first-order valence-electron chi connectivity index (χ1n) is 5.89. The molecule has 0 aromatic heterocycles. The lowest BCUT2D eigenvalue weighted by Gasteiger charge is -2.11. The Labute approximate surface area is 100 Å². The molecule has 1 aliphatic rings. The fourth-order valence-electron chi connectivity index (χ4n) is 1.80. The van der Waals surface area contributed by atoms with Crippen molar-refractivity contribution in [1.29, 1.82) is 0 Å². The van der Waals surface area contributed by atoms with Crippen molar-refractivity contribution in [2.45, 2.75) is 31.4 Å². The van der Waals surface area contributed by atoms with Gasteiger partial charge in [0.1, 0.15) is 0 Å². The first-order chi connectivity index (χ1) is 7.59. The number of carbonyl (C=O) groups excluding carboxylic acids is 1. The highest BCUT2D eigenvalue weighted by Gasteiger charge is 2.17. The molecule has 1 fully saturated rings. The fourth-order valence-corrected chi connectivity index (χ4v) is 2.25. The van der Waals surface area contributed by atoms with Crippen LogP contribution in [0.1, 0.15) is 26.2 Å². The molecule has 0 saturated carbocycles. The van der Waals surface area contributed by atoms with Crippen molar-refractivity contribution in [2.75, 3.05) is 25.9 Å². The Balaban J connectivity index is 2.08. The highest BCUT2D eigenvalue weighted by molar-refractivity contribution is 7.84. The summed E-state index contributed by atoms with van der Waals surface area (Å²) in [6, 6.07) is 0. The van der Waals surface area contributed by atoms with Crippen LogP contribution in [0.2, 0.25) is 0 Å². The molecule has 1 rings (SSSR count). The van der Waals surface area contributed by atoms with Gasteiger partial charge in [-0.2, -0.15) is 0 Å². The van der Waals surface area contributed by atoms with E-state index in [-0.39, 0.29) is 11.2 Å². The van der Waals surface area contributed by atoms with Crippen molar-refractivity contribution >= 4 is 16.7 Å². The van der Waals surface area contributed by atoms with Crippen LogP contribution in [0, 0.1) is 5.92 Å². The van der Waals surface area contributed by atoms with Crippen molar-refractivity contribution in [2.24, 2.45) is 5.92 Å². The van der Waals surface area contributed by atoms with Crippen LogP contribution >= 0.6 is 0 Å². The molecule has 0 aromatic rings. The van der Waals surface area contributed by atoms with Gasteiger partial charge in [0.05, 0.1) is 0 Å². The molecule has 0 aromatic carbocycles. The quantitative estimate of drug-likeness (QED) is 0.707. The summed E-state index contributed by atoms with van der Waals surface area (Å²) in [6.45, 7) is 4.58. The van der Waals surface area contributed by atoms with Crippen LogP contribution in [0.5, 0.6) is 0 Å². The van der Waals surface area contributed by atoms with E-state index < -0.39 is 10.8 Å². The molecule has 0 bridgehead atoms. The lowest BCUT2D eigenvalue weighted by atomic mass is 10.0. The fraction of sp³-hybridized carbons (Fsp3) is 0.909. The van der Waals surface area contributed by atoms with Gasteiger partial charge < -0.3 is 10.6 Å². The van der Waals surface area contributed by atoms with Gasteiger partial charge in [-0.1, -0.05) is 6.92 Å². The predicted octanol–water partition coefficient (Wildman–Crippen LogP) is 0.259. The molecule has 1 amide bonds. The summed E-state index contributed by atoms with van der Waals surface area (Å²) in [6.07, 6.45) is 4.22. The molecular weight excluding hydrogens is 224 g/mol. The molecule has 5 heteroatoms. The van der Waals surface area contributed by atoms with E-state index in [1.807, 2.05) is 6.92 Å². The van der Waals surface area contributed by atoms with E-state index in [0.29, 0.717) is 18.9 Å². The second-order valence-electron chi connectivity index (χ2n) is 4.51. The minimum absolute atomic E-state index is 0.128. The van der Waals surface area contributed by atoms with Gasteiger partial charge in [-0.05, 0) is 31.8 Å². The summed E-state index contributed by atoms with van der Waals surface area (Å²) in [5.74, 6) is 0.625. The third-order valence-electron chi connectivity index (χ3n) is 3.08. The maximum atomic E-state index is 11.5. The van der Waals surface area contributed by atoms with Gasteiger partial charge in [0.25, 0.3) is 0 Å². The zero-order valence-electron chi connectivity index (χ0n) is 10.1.